The van der Waals surface area contributed by atoms with Crippen LogP contribution in [0.15, 0.2) is 53.6 Å². The van der Waals surface area contributed by atoms with Gasteiger partial charge in [0.15, 0.2) is 0 Å². The number of nitrogens with zero attached hydrogens (tertiary/aromatic N) is 2. The van der Waals surface area contributed by atoms with E-state index in [-0.39, 0.29) is 11.5 Å². The van der Waals surface area contributed by atoms with Gasteiger partial charge in [-0.25, -0.2) is 9.82 Å². The van der Waals surface area contributed by atoms with Crippen molar-refractivity contribution in [2.24, 2.45) is 5.10 Å². The Balaban J connectivity index is 1.68. The summed E-state index contributed by atoms with van der Waals surface area (Å²) in [5.41, 5.74) is 4.52. The molecule has 126 valence electrons. The molecule has 3 aromatic rings. The summed E-state index contributed by atoms with van der Waals surface area (Å²) in [7, 11) is 0. The van der Waals surface area contributed by atoms with Crippen molar-refractivity contribution in [3.05, 3.63) is 75.7 Å². The van der Waals surface area contributed by atoms with Crippen LogP contribution in [0.3, 0.4) is 0 Å². The number of hydrazone groups is 1. The largest absolute Gasteiger partial charge is 0.289 e. The van der Waals surface area contributed by atoms with Crippen LogP contribution in [0.5, 0.6) is 0 Å². The number of aromatic nitrogens is 2. The molecule has 1 amide bonds. The molecular weight excluding hydrogens is 366 g/mol. The van der Waals surface area contributed by atoms with Crippen LogP contribution in [0, 0.1) is 5.82 Å². The lowest BCUT2D eigenvalue weighted by Gasteiger charge is -1.99. The summed E-state index contributed by atoms with van der Waals surface area (Å²) in [5.74, 6) is -0.800. The van der Waals surface area contributed by atoms with Crippen LogP contribution in [-0.4, -0.2) is 22.3 Å². The lowest BCUT2D eigenvalue weighted by atomic mass is 10.1. The van der Waals surface area contributed by atoms with Gasteiger partial charge < -0.3 is 0 Å². The third-order valence-corrected chi connectivity index (χ3v) is 4.03. The van der Waals surface area contributed by atoms with E-state index in [1.807, 2.05) is 0 Å². The Labute approximate surface area is 152 Å². The summed E-state index contributed by atoms with van der Waals surface area (Å²) in [6.07, 6.45) is 1.41. The van der Waals surface area contributed by atoms with Crippen LogP contribution >= 0.6 is 23.2 Å². The molecule has 0 aliphatic heterocycles. The molecular formula is C17H11Cl2FN4O. The molecule has 0 atom stereocenters. The first kappa shape index (κ1) is 17.1. The first-order valence-corrected chi connectivity index (χ1v) is 7.88. The predicted molar refractivity (Wildman–Crippen MR) is 95.5 cm³/mol. The fourth-order valence-corrected chi connectivity index (χ4v) is 2.31. The number of nitrogens with one attached hydrogen (secondary N) is 2. The summed E-state index contributed by atoms with van der Waals surface area (Å²) in [5, 5.41) is 11.4. The van der Waals surface area contributed by atoms with E-state index < -0.39 is 5.91 Å². The molecule has 0 radical (unpaired) electrons. The lowest BCUT2D eigenvalue weighted by Crippen LogP contribution is -2.17. The molecule has 1 aromatic heterocycles. The Morgan fingerprint density at radius 1 is 1.12 bits per heavy atom. The Bertz CT molecular complexity index is 938. The zero-order valence-electron chi connectivity index (χ0n) is 12.6. The minimum absolute atomic E-state index is 0.234. The third kappa shape index (κ3) is 4.23. The first-order valence-electron chi connectivity index (χ1n) is 7.13. The number of hydrogen-bond acceptors (Lipinski definition) is 3. The summed E-state index contributed by atoms with van der Waals surface area (Å²) >= 11 is 11.9. The highest BCUT2D eigenvalue weighted by Gasteiger charge is 2.11. The van der Waals surface area contributed by atoms with Gasteiger partial charge in [-0.3, -0.25) is 9.89 Å². The summed E-state index contributed by atoms with van der Waals surface area (Å²) in [6, 6.07) is 12.3. The maximum Gasteiger partial charge on any atom is 0.289 e. The molecule has 0 aliphatic carbocycles. The molecule has 25 heavy (non-hydrogen) atoms. The maximum atomic E-state index is 12.8. The predicted octanol–water partition coefficient (Wildman–Crippen LogP) is 4.29. The van der Waals surface area contributed by atoms with Crippen molar-refractivity contribution in [2.45, 2.75) is 0 Å². The van der Waals surface area contributed by atoms with Gasteiger partial charge in [-0.05, 0) is 35.9 Å². The van der Waals surface area contributed by atoms with E-state index >= 15 is 0 Å². The molecule has 0 aliphatic rings. The van der Waals surface area contributed by atoms with Crippen molar-refractivity contribution >= 4 is 35.3 Å². The zero-order valence-corrected chi connectivity index (χ0v) is 14.1. The second-order valence-electron chi connectivity index (χ2n) is 5.05. The van der Waals surface area contributed by atoms with E-state index in [1.54, 1.807) is 36.4 Å². The van der Waals surface area contributed by atoms with Gasteiger partial charge in [-0.1, -0.05) is 41.4 Å². The monoisotopic (exact) mass is 376 g/mol. The van der Waals surface area contributed by atoms with Gasteiger partial charge >= 0.3 is 0 Å². The molecule has 3 rings (SSSR count). The van der Waals surface area contributed by atoms with Crippen LogP contribution in [0.1, 0.15) is 16.1 Å². The normalized spacial score (nSPS) is 11.0. The quantitative estimate of drug-likeness (QED) is 0.526. The second-order valence-corrected chi connectivity index (χ2v) is 5.86. The molecule has 8 heteroatoms. The molecule has 0 spiro atoms. The minimum atomic E-state index is -0.461. The van der Waals surface area contributed by atoms with E-state index in [9.17, 15) is 9.18 Å². The number of aromatic amines is 1. The fraction of sp³-hybridized carbons (Fsp3) is 0. The van der Waals surface area contributed by atoms with Gasteiger partial charge in [0, 0.05) is 5.56 Å². The van der Waals surface area contributed by atoms with Crippen LogP contribution in [0.25, 0.3) is 11.3 Å². The Morgan fingerprint density at radius 2 is 1.88 bits per heavy atom. The highest BCUT2D eigenvalue weighted by atomic mass is 35.5. The van der Waals surface area contributed by atoms with Gasteiger partial charge in [-0.15, -0.1) is 0 Å². The molecule has 0 saturated heterocycles. The Morgan fingerprint density at radius 3 is 2.60 bits per heavy atom. The molecule has 2 N–H and O–H groups in total. The number of H-pyrrole nitrogens is 1. The SMILES string of the molecule is O=C(NN=Cc1ccc(F)cc1)c1cc(-c2ccc(Cl)c(Cl)c2)n[nH]1. The van der Waals surface area contributed by atoms with Gasteiger partial charge in [0.1, 0.15) is 11.5 Å². The van der Waals surface area contributed by atoms with Crippen LogP contribution < -0.4 is 5.43 Å². The Kier molecular flexibility index (Phi) is 5.11. The van der Waals surface area contributed by atoms with Crippen molar-refractivity contribution in [3.63, 3.8) is 0 Å². The van der Waals surface area contributed by atoms with Crippen LogP contribution in [-0.2, 0) is 0 Å². The standard InChI is InChI=1S/C17H11Cl2FN4O/c18-13-6-3-11(7-14(13)19)15-8-16(23-22-15)17(25)24-21-9-10-1-4-12(20)5-2-10/h1-9H,(H,22,23)(H,24,25). The van der Waals surface area contributed by atoms with E-state index in [1.165, 1.54) is 18.3 Å². The van der Waals surface area contributed by atoms with Crippen molar-refractivity contribution in [2.75, 3.05) is 0 Å². The van der Waals surface area contributed by atoms with Crippen LogP contribution in [0.4, 0.5) is 4.39 Å². The topological polar surface area (TPSA) is 70.1 Å². The number of hydrogen-bond donors (Lipinski definition) is 2. The zero-order chi connectivity index (χ0) is 17.8. The fourth-order valence-electron chi connectivity index (χ4n) is 2.02. The van der Waals surface area contributed by atoms with E-state index in [4.69, 9.17) is 23.2 Å². The lowest BCUT2D eigenvalue weighted by molar-refractivity contribution is 0.0950. The van der Waals surface area contributed by atoms with Gasteiger partial charge in [-0.2, -0.15) is 10.2 Å². The number of rotatable bonds is 4. The van der Waals surface area contributed by atoms with Crippen molar-refractivity contribution in [3.8, 4) is 11.3 Å². The van der Waals surface area contributed by atoms with Crippen LogP contribution in [0.2, 0.25) is 10.0 Å². The maximum absolute atomic E-state index is 12.8. The molecule has 0 bridgehead atoms. The number of carbonyl (C=O) groups is 1. The third-order valence-electron chi connectivity index (χ3n) is 3.29. The van der Waals surface area contributed by atoms with Gasteiger partial charge in [0.2, 0.25) is 0 Å². The summed E-state index contributed by atoms with van der Waals surface area (Å²) in [6.45, 7) is 0. The average molecular weight is 377 g/mol. The molecule has 0 unspecified atom stereocenters. The number of carbonyl (C=O) groups excluding carboxylic acids is 1. The van der Waals surface area contributed by atoms with E-state index in [0.717, 1.165) is 5.56 Å². The first-order chi connectivity index (χ1) is 12.0. The average Bonchev–Trinajstić information content (AvgIpc) is 3.09. The van der Waals surface area contributed by atoms with Crippen molar-refractivity contribution in [1.29, 1.82) is 0 Å². The van der Waals surface area contributed by atoms with Crippen molar-refractivity contribution in [1.82, 2.24) is 15.6 Å². The molecule has 0 fully saturated rings. The molecule has 1 heterocycles. The highest BCUT2D eigenvalue weighted by molar-refractivity contribution is 6.42. The summed E-state index contributed by atoms with van der Waals surface area (Å²) < 4.78 is 12.8. The smallest absolute Gasteiger partial charge is 0.272 e. The van der Waals surface area contributed by atoms with Gasteiger partial charge in [0.25, 0.3) is 5.91 Å². The molecule has 2 aromatic carbocycles. The number of benzene rings is 2. The van der Waals surface area contributed by atoms with E-state index in [0.29, 0.717) is 21.3 Å². The van der Waals surface area contributed by atoms with Crippen molar-refractivity contribution < 1.29 is 9.18 Å². The minimum Gasteiger partial charge on any atom is -0.272 e. The number of amides is 1. The summed E-state index contributed by atoms with van der Waals surface area (Å²) in [4.78, 5) is 12.1. The van der Waals surface area contributed by atoms with Gasteiger partial charge in [0.05, 0.1) is 22.0 Å². The molecule has 5 nitrogen and oxygen atoms in total. The number of halogens is 3. The second kappa shape index (κ2) is 7.46. The Hall–Kier alpha value is -2.70. The molecule has 0 saturated carbocycles. The highest BCUT2D eigenvalue weighted by Crippen LogP contribution is 2.27. The van der Waals surface area contributed by atoms with E-state index in [2.05, 4.69) is 20.7 Å².